The number of aromatic carboxylic acids is 1. The van der Waals surface area contributed by atoms with E-state index in [4.69, 9.17) is 9.52 Å². The minimum Gasteiger partial charge on any atom is -0.478 e. The Morgan fingerprint density at radius 1 is 0.960 bits per heavy atom. The molecule has 1 aliphatic rings. The molecule has 1 aromatic heterocycles. The lowest BCUT2D eigenvalue weighted by molar-refractivity contribution is 0.0696. The summed E-state index contributed by atoms with van der Waals surface area (Å²) in [5.74, 6) is 0.0320. The van der Waals surface area contributed by atoms with Crippen LogP contribution in [0.4, 0.5) is 5.69 Å². The zero-order valence-electron chi connectivity index (χ0n) is 13.0. The number of carbonyl (C=O) groups is 2. The number of carbonyl (C=O) groups excluding carboxylic acids is 1. The van der Waals surface area contributed by atoms with Crippen LogP contribution in [-0.4, -0.2) is 17.0 Å². The van der Waals surface area contributed by atoms with E-state index in [-0.39, 0.29) is 11.5 Å². The first kappa shape index (κ1) is 15.0. The van der Waals surface area contributed by atoms with Gasteiger partial charge in [0.05, 0.1) is 11.1 Å². The molecule has 0 aliphatic carbocycles. The smallest absolute Gasteiger partial charge is 0.335 e. The van der Waals surface area contributed by atoms with Crippen LogP contribution in [0.1, 0.15) is 32.6 Å². The molecular weight excluding hydrogens is 320 g/mol. The van der Waals surface area contributed by atoms with Gasteiger partial charge in [-0.05, 0) is 36.4 Å². The summed E-state index contributed by atoms with van der Waals surface area (Å²) in [5, 5.41) is 15.0. The molecular formula is C19H14N2O4. The molecule has 0 saturated heterocycles. The number of anilines is 1. The predicted octanol–water partition coefficient (Wildman–Crippen LogP) is 3.50. The summed E-state index contributed by atoms with van der Waals surface area (Å²) in [6, 6.07) is 17.3. The van der Waals surface area contributed by atoms with E-state index in [1.165, 1.54) is 12.1 Å². The van der Waals surface area contributed by atoms with Gasteiger partial charge < -0.3 is 20.2 Å². The van der Waals surface area contributed by atoms with Crippen LogP contribution in [0.25, 0.3) is 11.3 Å². The standard InChI is InChI=1S/C19H14N2O4/c22-18-13-3-1-2-4-14(13)20-17(21-18)16-10-9-15(25-16)11-5-7-12(8-6-11)19(23)24/h1-10,17,20H,(H,21,22)(H,23,24). The molecule has 0 saturated carbocycles. The highest BCUT2D eigenvalue weighted by Gasteiger charge is 2.26. The van der Waals surface area contributed by atoms with Gasteiger partial charge in [0.15, 0.2) is 6.17 Å². The van der Waals surface area contributed by atoms with Crippen LogP contribution < -0.4 is 10.6 Å². The van der Waals surface area contributed by atoms with Crippen LogP contribution >= 0.6 is 0 Å². The van der Waals surface area contributed by atoms with Crippen molar-refractivity contribution in [3.63, 3.8) is 0 Å². The van der Waals surface area contributed by atoms with Crippen molar-refractivity contribution in [3.8, 4) is 11.3 Å². The number of carboxylic acid groups (broad SMARTS) is 1. The van der Waals surface area contributed by atoms with Gasteiger partial charge in [-0.2, -0.15) is 0 Å². The van der Waals surface area contributed by atoms with E-state index < -0.39 is 12.1 Å². The molecule has 4 rings (SSSR count). The monoisotopic (exact) mass is 334 g/mol. The van der Waals surface area contributed by atoms with E-state index in [2.05, 4.69) is 10.6 Å². The van der Waals surface area contributed by atoms with Crippen LogP contribution in [0, 0.1) is 0 Å². The van der Waals surface area contributed by atoms with E-state index in [1.807, 2.05) is 18.2 Å². The average molecular weight is 334 g/mol. The van der Waals surface area contributed by atoms with Gasteiger partial charge in [-0.25, -0.2) is 4.79 Å². The Morgan fingerprint density at radius 3 is 2.48 bits per heavy atom. The summed E-state index contributed by atoms with van der Waals surface area (Å²) in [6.45, 7) is 0. The fraction of sp³-hybridized carbons (Fsp3) is 0.0526. The number of benzene rings is 2. The second-order valence-corrected chi connectivity index (χ2v) is 5.68. The van der Waals surface area contributed by atoms with Crippen LogP contribution in [0.15, 0.2) is 65.1 Å². The highest BCUT2D eigenvalue weighted by molar-refractivity contribution is 6.01. The number of amides is 1. The molecule has 3 N–H and O–H groups in total. The van der Waals surface area contributed by atoms with Crippen molar-refractivity contribution in [2.75, 3.05) is 5.32 Å². The maximum Gasteiger partial charge on any atom is 0.335 e. The largest absolute Gasteiger partial charge is 0.478 e. The maximum absolute atomic E-state index is 12.2. The van der Waals surface area contributed by atoms with Crippen LogP contribution in [-0.2, 0) is 0 Å². The molecule has 1 aliphatic heterocycles. The molecule has 0 radical (unpaired) electrons. The molecule has 0 bridgehead atoms. The Kier molecular flexibility index (Phi) is 3.50. The zero-order valence-corrected chi connectivity index (χ0v) is 13.0. The SMILES string of the molecule is O=C(O)c1ccc(-c2ccc(C3NC(=O)c4ccccc4N3)o2)cc1. The predicted molar refractivity (Wildman–Crippen MR) is 91.4 cm³/mol. The Bertz CT molecular complexity index is 960. The number of rotatable bonds is 3. The second kappa shape index (κ2) is 5.83. The lowest BCUT2D eigenvalue weighted by Crippen LogP contribution is -2.38. The molecule has 1 unspecified atom stereocenters. The third-order valence-corrected chi connectivity index (χ3v) is 4.07. The summed E-state index contributed by atoms with van der Waals surface area (Å²) < 4.78 is 5.85. The third kappa shape index (κ3) is 2.74. The number of nitrogens with one attached hydrogen (secondary N) is 2. The van der Waals surface area contributed by atoms with Crippen molar-refractivity contribution in [1.82, 2.24) is 5.32 Å². The van der Waals surface area contributed by atoms with Crippen LogP contribution in [0.2, 0.25) is 0 Å². The third-order valence-electron chi connectivity index (χ3n) is 4.07. The molecule has 3 aromatic rings. The van der Waals surface area contributed by atoms with Crippen molar-refractivity contribution in [2.24, 2.45) is 0 Å². The Morgan fingerprint density at radius 2 is 1.72 bits per heavy atom. The van der Waals surface area contributed by atoms with Gasteiger partial charge in [0, 0.05) is 11.3 Å². The minimum atomic E-state index is -0.973. The zero-order chi connectivity index (χ0) is 17.4. The van der Waals surface area contributed by atoms with Gasteiger partial charge in [0.2, 0.25) is 0 Å². The number of carboxylic acids is 1. The highest BCUT2D eigenvalue weighted by atomic mass is 16.4. The van der Waals surface area contributed by atoms with Crippen molar-refractivity contribution < 1.29 is 19.1 Å². The molecule has 1 atom stereocenters. The summed E-state index contributed by atoms with van der Waals surface area (Å²) in [7, 11) is 0. The quantitative estimate of drug-likeness (QED) is 0.682. The molecule has 6 heteroatoms. The normalized spacial score (nSPS) is 15.8. The molecule has 1 amide bonds. The van der Waals surface area contributed by atoms with E-state index >= 15 is 0 Å². The Balaban J connectivity index is 1.60. The fourth-order valence-corrected chi connectivity index (χ4v) is 2.79. The summed E-state index contributed by atoms with van der Waals surface area (Å²) in [4.78, 5) is 23.1. The fourth-order valence-electron chi connectivity index (χ4n) is 2.79. The van der Waals surface area contributed by atoms with Crippen molar-refractivity contribution in [3.05, 3.63) is 77.6 Å². The summed E-state index contributed by atoms with van der Waals surface area (Å²) >= 11 is 0. The van der Waals surface area contributed by atoms with Crippen molar-refractivity contribution in [2.45, 2.75) is 6.17 Å². The Hall–Kier alpha value is -3.54. The molecule has 2 aromatic carbocycles. The first-order valence-corrected chi connectivity index (χ1v) is 7.72. The summed E-state index contributed by atoms with van der Waals surface area (Å²) in [6.07, 6.45) is -0.463. The first-order valence-electron chi connectivity index (χ1n) is 7.72. The van der Waals surface area contributed by atoms with Crippen molar-refractivity contribution in [1.29, 1.82) is 0 Å². The topological polar surface area (TPSA) is 91.6 Å². The minimum absolute atomic E-state index is 0.164. The van der Waals surface area contributed by atoms with Gasteiger partial charge in [-0.15, -0.1) is 0 Å². The van der Waals surface area contributed by atoms with E-state index in [0.717, 1.165) is 11.3 Å². The van der Waals surface area contributed by atoms with Gasteiger partial charge >= 0.3 is 5.97 Å². The van der Waals surface area contributed by atoms with E-state index in [0.29, 0.717) is 17.1 Å². The average Bonchev–Trinajstić information content (AvgIpc) is 3.12. The molecule has 2 heterocycles. The van der Waals surface area contributed by atoms with Gasteiger partial charge in [-0.1, -0.05) is 24.3 Å². The Labute approximate surface area is 143 Å². The maximum atomic E-state index is 12.2. The first-order chi connectivity index (χ1) is 12.1. The highest BCUT2D eigenvalue weighted by Crippen LogP contribution is 2.30. The summed E-state index contributed by atoms with van der Waals surface area (Å²) in [5.41, 5.74) is 2.32. The lowest BCUT2D eigenvalue weighted by Gasteiger charge is -2.26. The lowest BCUT2D eigenvalue weighted by atomic mass is 10.1. The van der Waals surface area contributed by atoms with Crippen LogP contribution in [0.3, 0.4) is 0 Å². The number of hydrogen-bond donors (Lipinski definition) is 3. The second-order valence-electron chi connectivity index (χ2n) is 5.68. The van der Waals surface area contributed by atoms with Gasteiger partial charge in [0.1, 0.15) is 11.5 Å². The van der Waals surface area contributed by atoms with Crippen molar-refractivity contribution >= 4 is 17.6 Å². The van der Waals surface area contributed by atoms with Crippen LogP contribution in [0.5, 0.6) is 0 Å². The number of hydrogen-bond acceptors (Lipinski definition) is 4. The molecule has 0 spiro atoms. The molecule has 25 heavy (non-hydrogen) atoms. The number of furan rings is 1. The van der Waals surface area contributed by atoms with Gasteiger partial charge in [0.25, 0.3) is 5.91 Å². The van der Waals surface area contributed by atoms with E-state index in [1.54, 1.807) is 30.3 Å². The molecule has 124 valence electrons. The molecule has 0 fully saturated rings. The van der Waals surface area contributed by atoms with Gasteiger partial charge in [-0.3, -0.25) is 4.79 Å². The molecule has 6 nitrogen and oxygen atoms in total. The number of para-hydroxylation sites is 1. The van der Waals surface area contributed by atoms with E-state index in [9.17, 15) is 9.59 Å². The number of fused-ring (bicyclic) bond motifs is 1.